The van der Waals surface area contributed by atoms with Gasteiger partial charge < -0.3 is 0 Å². The van der Waals surface area contributed by atoms with E-state index in [2.05, 4.69) is 9.97 Å². The molecule has 0 amide bonds. The Labute approximate surface area is 123 Å². The van der Waals surface area contributed by atoms with E-state index in [0.717, 1.165) is 0 Å². The highest BCUT2D eigenvalue weighted by Crippen LogP contribution is 2.37. The highest BCUT2D eigenvalue weighted by atomic mass is 35.5. The second-order valence-electron chi connectivity index (χ2n) is 4.54. The molecule has 0 aliphatic heterocycles. The minimum absolute atomic E-state index is 0.111. The molecule has 7 heteroatoms. The highest BCUT2D eigenvalue weighted by molar-refractivity contribution is 6.30. The molecule has 0 aliphatic carbocycles. The molecule has 3 aromatic heterocycles. The molecule has 0 aromatic carbocycles. The van der Waals surface area contributed by atoms with Gasteiger partial charge in [0.15, 0.2) is 5.69 Å². The predicted molar refractivity (Wildman–Crippen MR) is 73.2 cm³/mol. The lowest BCUT2D eigenvalue weighted by Crippen LogP contribution is -2.08. The largest absolute Gasteiger partial charge is 0.435 e. The zero-order chi connectivity index (χ0) is 15.2. The van der Waals surface area contributed by atoms with Crippen LogP contribution < -0.4 is 0 Å². The van der Waals surface area contributed by atoms with Crippen molar-refractivity contribution in [3.05, 3.63) is 52.9 Å². The first-order valence-electron chi connectivity index (χ1n) is 6.06. The van der Waals surface area contributed by atoms with Crippen molar-refractivity contribution in [2.45, 2.75) is 13.1 Å². The predicted octanol–water partition coefficient (Wildman–Crippen LogP) is 4.38. The smallest absolute Gasteiger partial charge is 0.298 e. The number of hydrogen-bond acceptors (Lipinski definition) is 2. The third-order valence-corrected chi connectivity index (χ3v) is 3.46. The number of alkyl halides is 3. The van der Waals surface area contributed by atoms with E-state index in [9.17, 15) is 13.2 Å². The summed E-state index contributed by atoms with van der Waals surface area (Å²) in [7, 11) is 0. The number of aromatic nitrogens is 3. The zero-order valence-electron chi connectivity index (χ0n) is 10.8. The minimum Gasteiger partial charge on any atom is -0.298 e. The molecule has 0 saturated heterocycles. The number of imidazole rings is 1. The Morgan fingerprint density at radius 3 is 2.52 bits per heavy atom. The molecule has 3 nitrogen and oxygen atoms in total. The topological polar surface area (TPSA) is 30.2 Å². The molecule has 0 unspecified atom stereocenters. The third kappa shape index (κ3) is 2.35. The summed E-state index contributed by atoms with van der Waals surface area (Å²) in [6.07, 6.45) is -3.05. The summed E-state index contributed by atoms with van der Waals surface area (Å²) in [5.74, 6) is 0. The minimum atomic E-state index is -4.57. The number of pyridine rings is 2. The molecule has 0 atom stereocenters. The van der Waals surface area contributed by atoms with Crippen molar-refractivity contribution in [2.24, 2.45) is 0 Å². The molecule has 0 spiro atoms. The number of halogens is 4. The van der Waals surface area contributed by atoms with Crippen molar-refractivity contribution in [1.29, 1.82) is 0 Å². The SMILES string of the molecule is Cc1ccc(-c2c(C(F)(F)F)nc3ccccn23)nc1Cl. The molecule has 0 N–H and O–H groups in total. The van der Waals surface area contributed by atoms with Gasteiger partial charge in [0, 0.05) is 6.20 Å². The molecular formula is C14H9ClF3N3. The van der Waals surface area contributed by atoms with Gasteiger partial charge >= 0.3 is 6.18 Å². The van der Waals surface area contributed by atoms with Crippen LogP contribution >= 0.6 is 11.6 Å². The molecule has 3 heterocycles. The van der Waals surface area contributed by atoms with Crippen LogP contribution in [0, 0.1) is 6.92 Å². The van der Waals surface area contributed by atoms with Gasteiger partial charge in [-0.15, -0.1) is 0 Å². The second kappa shape index (κ2) is 4.73. The first kappa shape index (κ1) is 13.9. The highest BCUT2D eigenvalue weighted by Gasteiger charge is 2.38. The number of aryl methyl sites for hydroxylation is 1. The van der Waals surface area contributed by atoms with Gasteiger partial charge in [-0.1, -0.05) is 23.7 Å². The number of rotatable bonds is 1. The lowest BCUT2D eigenvalue weighted by molar-refractivity contribution is -0.140. The van der Waals surface area contributed by atoms with Gasteiger partial charge in [-0.05, 0) is 30.7 Å². The van der Waals surface area contributed by atoms with Gasteiger partial charge in [0.1, 0.15) is 16.5 Å². The van der Waals surface area contributed by atoms with E-state index in [1.807, 2.05) is 0 Å². The van der Waals surface area contributed by atoms with Crippen molar-refractivity contribution < 1.29 is 13.2 Å². The summed E-state index contributed by atoms with van der Waals surface area (Å²) in [4.78, 5) is 7.71. The van der Waals surface area contributed by atoms with Crippen molar-refractivity contribution in [3.8, 4) is 11.4 Å². The first-order chi connectivity index (χ1) is 9.88. The summed E-state index contributed by atoms with van der Waals surface area (Å²) in [5.41, 5.74) is -0.0427. The standard InChI is InChI=1S/C14H9ClF3N3/c1-8-5-6-9(19-13(8)15)11-12(14(16,17)18)20-10-4-2-3-7-21(10)11/h2-7H,1H3. The van der Waals surface area contributed by atoms with Crippen LogP contribution in [0.4, 0.5) is 13.2 Å². The molecule has 0 aliphatic rings. The monoisotopic (exact) mass is 311 g/mol. The van der Waals surface area contributed by atoms with Crippen LogP contribution in [0.5, 0.6) is 0 Å². The summed E-state index contributed by atoms with van der Waals surface area (Å²) in [6, 6.07) is 7.91. The van der Waals surface area contributed by atoms with Crippen LogP contribution in [0.3, 0.4) is 0 Å². The fourth-order valence-corrected chi connectivity index (χ4v) is 2.23. The van der Waals surface area contributed by atoms with E-state index < -0.39 is 11.9 Å². The van der Waals surface area contributed by atoms with Gasteiger partial charge in [-0.3, -0.25) is 4.40 Å². The van der Waals surface area contributed by atoms with Crippen molar-refractivity contribution >= 4 is 17.2 Å². The summed E-state index contributed by atoms with van der Waals surface area (Å²) in [6.45, 7) is 1.73. The van der Waals surface area contributed by atoms with E-state index in [0.29, 0.717) is 5.56 Å². The van der Waals surface area contributed by atoms with E-state index in [1.165, 1.54) is 22.7 Å². The first-order valence-corrected chi connectivity index (χ1v) is 6.43. The van der Waals surface area contributed by atoms with Gasteiger partial charge in [-0.25, -0.2) is 9.97 Å². The zero-order valence-corrected chi connectivity index (χ0v) is 11.6. The molecule has 0 radical (unpaired) electrons. The molecule has 108 valence electrons. The molecule has 0 bridgehead atoms. The van der Waals surface area contributed by atoms with Gasteiger partial charge in [0.2, 0.25) is 0 Å². The maximum absolute atomic E-state index is 13.2. The van der Waals surface area contributed by atoms with Crippen molar-refractivity contribution in [1.82, 2.24) is 14.4 Å². The van der Waals surface area contributed by atoms with E-state index in [1.54, 1.807) is 25.1 Å². The Hall–Kier alpha value is -2.08. The van der Waals surface area contributed by atoms with Crippen LogP contribution in [0.1, 0.15) is 11.3 Å². The van der Waals surface area contributed by atoms with E-state index in [4.69, 9.17) is 11.6 Å². The van der Waals surface area contributed by atoms with Crippen LogP contribution in [0.25, 0.3) is 17.0 Å². The molecular weight excluding hydrogens is 303 g/mol. The average molecular weight is 312 g/mol. The van der Waals surface area contributed by atoms with E-state index in [-0.39, 0.29) is 22.2 Å². The van der Waals surface area contributed by atoms with Crippen molar-refractivity contribution in [2.75, 3.05) is 0 Å². The average Bonchev–Trinajstić information content (AvgIpc) is 2.81. The van der Waals surface area contributed by atoms with Gasteiger partial charge in [0.25, 0.3) is 0 Å². The van der Waals surface area contributed by atoms with Gasteiger partial charge in [-0.2, -0.15) is 13.2 Å². The van der Waals surface area contributed by atoms with Crippen LogP contribution in [0.15, 0.2) is 36.5 Å². The summed E-state index contributed by atoms with van der Waals surface area (Å²) >= 11 is 5.93. The Bertz CT molecular complexity index is 824. The normalized spacial score (nSPS) is 12.0. The Kier molecular flexibility index (Phi) is 3.13. The number of hydrogen-bond donors (Lipinski definition) is 0. The lowest BCUT2D eigenvalue weighted by atomic mass is 10.2. The number of nitrogens with zero attached hydrogens (tertiary/aromatic N) is 3. The number of fused-ring (bicyclic) bond motifs is 1. The summed E-state index contributed by atoms with van der Waals surface area (Å²) in [5, 5.41) is 0.173. The summed E-state index contributed by atoms with van der Waals surface area (Å²) < 4.78 is 41.0. The molecule has 21 heavy (non-hydrogen) atoms. The van der Waals surface area contributed by atoms with Crippen LogP contribution in [-0.4, -0.2) is 14.4 Å². The quantitative estimate of drug-likeness (QED) is 0.624. The maximum Gasteiger partial charge on any atom is 0.435 e. The molecule has 0 fully saturated rings. The fourth-order valence-electron chi connectivity index (χ4n) is 2.07. The van der Waals surface area contributed by atoms with Crippen LogP contribution in [0.2, 0.25) is 5.15 Å². The van der Waals surface area contributed by atoms with E-state index >= 15 is 0 Å². The fraction of sp³-hybridized carbons (Fsp3) is 0.143. The third-order valence-electron chi connectivity index (χ3n) is 3.08. The van der Waals surface area contributed by atoms with Crippen LogP contribution in [-0.2, 0) is 6.18 Å². The Morgan fingerprint density at radius 2 is 1.86 bits per heavy atom. The Morgan fingerprint density at radius 1 is 1.10 bits per heavy atom. The molecule has 3 aromatic rings. The molecule has 0 saturated carbocycles. The Balaban J connectivity index is 2.36. The second-order valence-corrected chi connectivity index (χ2v) is 4.90. The lowest BCUT2D eigenvalue weighted by Gasteiger charge is -2.08. The maximum atomic E-state index is 13.2. The molecule has 3 rings (SSSR count). The van der Waals surface area contributed by atoms with Crippen molar-refractivity contribution in [3.63, 3.8) is 0 Å². The van der Waals surface area contributed by atoms with Gasteiger partial charge in [0.05, 0.1) is 5.69 Å².